The summed E-state index contributed by atoms with van der Waals surface area (Å²) in [7, 11) is 0. The summed E-state index contributed by atoms with van der Waals surface area (Å²) in [5.41, 5.74) is 7.23. The lowest BCUT2D eigenvalue weighted by atomic mass is 10.0. The number of hydrogen-bond donors (Lipinski definition) is 1. The van der Waals surface area contributed by atoms with Crippen molar-refractivity contribution < 1.29 is 0 Å². The highest BCUT2D eigenvalue weighted by Gasteiger charge is 2.14. The lowest BCUT2D eigenvalue weighted by Crippen LogP contribution is -2.14. The second-order valence-electron chi connectivity index (χ2n) is 4.45. The van der Waals surface area contributed by atoms with E-state index in [1.165, 1.54) is 9.75 Å². The molecule has 2 rings (SSSR count). The second kappa shape index (κ2) is 5.21. The van der Waals surface area contributed by atoms with Crippen molar-refractivity contribution in [1.29, 1.82) is 0 Å². The topological polar surface area (TPSA) is 26.0 Å². The van der Waals surface area contributed by atoms with Gasteiger partial charge in [0.1, 0.15) is 0 Å². The lowest BCUT2D eigenvalue weighted by molar-refractivity contribution is 0.521. The van der Waals surface area contributed by atoms with Gasteiger partial charge in [-0.05, 0) is 24.1 Å². The Morgan fingerprint density at radius 2 is 1.82 bits per heavy atom. The standard InChI is InChI=1S/C14H16ClNS/c1-9(2)14(16)13-8-7-12(17-13)10-5-3-4-6-11(10)15/h3-9,14H,16H2,1-2H3. The monoisotopic (exact) mass is 265 g/mol. The lowest BCUT2D eigenvalue weighted by Gasteiger charge is -2.12. The number of halogens is 1. The molecule has 1 unspecified atom stereocenters. The zero-order chi connectivity index (χ0) is 12.4. The Morgan fingerprint density at radius 3 is 2.47 bits per heavy atom. The molecule has 2 N–H and O–H groups in total. The van der Waals surface area contributed by atoms with E-state index in [0.29, 0.717) is 5.92 Å². The van der Waals surface area contributed by atoms with E-state index in [-0.39, 0.29) is 6.04 Å². The summed E-state index contributed by atoms with van der Waals surface area (Å²) >= 11 is 7.91. The van der Waals surface area contributed by atoms with Gasteiger partial charge >= 0.3 is 0 Å². The first-order valence-corrected chi connectivity index (χ1v) is 6.89. The van der Waals surface area contributed by atoms with Crippen LogP contribution in [0, 0.1) is 5.92 Å². The third kappa shape index (κ3) is 2.71. The molecule has 0 aliphatic heterocycles. The molecule has 3 heteroatoms. The number of nitrogens with two attached hydrogens (primary N) is 1. The van der Waals surface area contributed by atoms with Crippen LogP contribution in [0.3, 0.4) is 0 Å². The molecule has 1 aromatic heterocycles. The highest BCUT2D eigenvalue weighted by molar-refractivity contribution is 7.15. The molecule has 0 bridgehead atoms. The van der Waals surface area contributed by atoms with Gasteiger partial charge in [0.25, 0.3) is 0 Å². The predicted octanol–water partition coefficient (Wildman–Crippen LogP) is 4.72. The summed E-state index contributed by atoms with van der Waals surface area (Å²) in [6.07, 6.45) is 0. The molecule has 0 spiro atoms. The van der Waals surface area contributed by atoms with Crippen LogP contribution in [0.15, 0.2) is 36.4 Å². The van der Waals surface area contributed by atoms with Gasteiger partial charge in [-0.1, -0.05) is 43.6 Å². The van der Waals surface area contributed by atoms with E-state index in [2.05, 4.69) is 26.0 Å². The Bertz CT molecular complexity index is 504. The molecule has 1 nitrogen and oxygen atoms in total. The maximum Gasteiger partial charge on any atom is 0.0492 e. The van der Waals surface area contributed by atoms with Gasteiger partial charge in [-0.25, -0.2) is 0 Å². The fourth-order valence-electron chi connectivity index (χ4n) is 1.67. The van der Waals surface area contributed by atoms with Crippen LogP contribution in [0.1, 0.15) is 24.8 Å². The normalized spacial score (nSPS) is 13.0. The molecule has 2 aromatic rings. The zero-order valence-electron chi connectivity index (χ0n) is 9.98. The van der Waals surface area contributed by atoms with E-state index in [1.807, 2.05) is 24.3 Å². The van der Waals surface area contributed by atoms with Crippen LogP contribution in [0.4, 0.5) is 0 Å². The third-order valence-corrected chi connectivity index (χ3v) is 4.36. The summed E-state index contributed by atoms with van der Waals surface area (Å²) in [4.78, 5) is 2.40. The molecule has 0 saturated carbocycles. The summed E-state index contributed by atoms with van der Waals surface area (Å²) in [6.45, 7) is 4.28. The number of hydrogen-bond acceptors (Lipinski definition) is 2. The van der Waals surface area contributed by atoms with Crippen molar-refractivity contribution in [2.24, 2.45) is 11.7 Å². The summed E-state index contributed by atoms with van der Waals surface area (Å²) in [6, 6.07) is 12.2. The van der Waals surface area contributed by atoms with Crippen molar-refractivity contribution >= 4 is 22.9 Å². The van der Waals surface area contributed by atoms with Crippen molar-refractivity contribution in [3.05, 3.63) is 46.3 Å². The maximum atomic E-state index is 6.19. The van der Waals surface area contributed by atoms with Gasteiger partial charge in [0.2, 0.25) is 0 Å². The largest absolute Gasteiger partial charge is 0.323 e. The molecule has 0 aliphatic carbocycles. The first-order valence-electron chi connectivity index (χ1n) is 5.70. The molecule has 0 saturated heterocycles. The molecule has 0 radical (unpaired) electrons. The molecular formula is C14H16ClNS. The van der Waals surface area contributed by atoms with E-state index in [1.54, 1.807) is 11.3 Å². The van der Waals surface area contributed by atoms with Gasteiger partial charge in [-0.3, -0.25) is 0 Å². The van der Waals surface area contributed by atoms with Crippen LogP contribution in [-0.4, -0.2) is 0 Å². The molecule has 0 fully saturated rings. The van der Waals surface area contributed by atoms with Gasteiger partial charge in [0, 0.05) is 26.4 Å². The molecule has 1 aromatic carbocycles. The van der Waals surface area contributed by atoms with Crippen molar-refractivity contribution in [2.75, 3.05) is 0 Å². The van der Waals surface area contributed by atoms with Crippen molar-refractivity contribution in [3.63, 3.8) is 0 Å². The smallest absolute Gasteiger partial charge is 0.0492 e. The van der Waals surface area contributed by atoms with Gasteiger partial charge in [-0.2, -0.15) is 0 Å². The van der Waals surface area contributed by atoms with E-state index in [0.717, 1.165) is 10.6 Å². The van der Waals surface area contributed by atoms with Gasteiger partial charge in [-0.15, -0.1) is 11.3 Å². The highest BCUT2D eigenvalue weighted by Crippen LogP contribution is 2.36. The minimum absolute atomic E-state index is 0.108. The van der Waals surface area contributed by atoms with Crippen molar-refractivity contribution in [2.45, 2.75) is 19.9 Å². The van der Waals surface area contributed by atoms with E-state index >= 15 is 0 Å². The van der Waals surface area contributed by atoms with Gasteiger partial charge in [0.15, 0.2) is 0 Å². The number of benzene rings is 1. The van der Waals surface area contributed by atoms with Gasteiger partial charge < -0.3 is 5.73 Å². The highest BCUT2D eigenvalue weighted by atomic mass is 35.5. The van der Waals surface area contributed by atoms with Crippen LogP contribution < -0.4 is 5.73 Å². The number of thiophene rings is 1. The van der Waals surface area contributed by atoms with Crippen LogP contribution in [0.25, 0.3) is 10.4 Å². The Balaban J connectivity index is 2.34. The molecule has 90 valence electrons. The molecule has 1 atom stereocenters. The summed E-state index contributed by atoms with van der Waals surface area (Å²) in [5.74, 6) is 0.452. The quantitative estimate of drug-likeness (QED) is 0.853. The minimum atomic E-state index is 0.108. The second-order valence-corrected chi connectivity index (χ2v) is 5.97. The van der Waals surface area contributed by atoms with E-state index < -0.39 is 0 Å². The minimum Gasteiger partial charge on any atom is -0.323 e. The van der Waals surface area contributed by atoms with Crippen LogP contribution in [0.2, 0.25) is 5.02 Å². The SMILES string of the molecule is CC(C)C(N)c1ccc(-c2ccccc2Cl)s1. The Morgan fingerprint density at radius 1 is 1.12 bits per heavy atom. The summed E-state index contributed by atoms with van der Waals surface area (Å²) in [5, 5.41) is 0.791. The van der Waals surface area contributed by atoms with E-state index in [9.17, 15) is 0 Å². The Kier molecular flexibility index (Phi) is 3.87. The average Bonchev–Trinajstić information content (AvgIpc) is 2.77. The predicted molar refractivity (Wildman–Crippen MR) is 76.5 cm³/mol. The van der Waals surface area contributed by atoms with E-state index in [4.69, 9.17) is 17.3 Å². The molecular weight excluding hydrogens is 250 g/mol. The third-order valence-electron chi connectivity index (χ3n) is 2.81. The molecule has 1 heterocycles. The Labute approximate surface area is 111 Å². The first kappa shape index (κ1) is 12.6. The van der Waals surface area contributed by atoms with Crippen LogP contribution in [-0.2, 0) is 0 Å². The summed E-state index contributed by atoms with van der Waals surface area (Å²) < 4.78 is 0. The van der Waals surface area contributed by atoms with Gasteiger partial charge in [0.05, 0.1) is 0 Å². The van der Waals surface area contributed by atoms with Crippen molar-refractivity contribution in [1.82, 2.24) is 0 Å². The van der Waals surface area contributed by atoms with Crippen LogP contribution in [0.5, 0.6) is 0 Å². The fraction of sp³-hybridized carbons (Fsp3) is 0.286. The van der Waals surface area contributed by atoms with Crippen LogP contribution >= 0.6 is 22.9 Å². The first-order chi connectivity index (χ1) is 8.09. The Hall–Kier alpha value is -0.830. The molecule has 0 aliphatic rings. The molecule has 17 heavy (non-hydrogen) atoms. The van der Waals surface area contributed by atoms with Crippen molar-refractivity contribution in [3.8, 4) is 10.4 Å². The fourth-order valence-corrected chi connectivity index (χ4v) is 3.18. The average molecular weight is 266 g/mol. The maximum absolute atomic E-state index is 6.19. The number of rotatable bonds is 3. The molecule has 0 amide bonds. The zero-order valence-corrected chi connectivity index (χ0v) is 11.6.